The van der Waals surface area contributed by atoms with Crippen LogP contribution in [0.3, 0.4) is 0 Å². The number of fused-ring (bicyclic) bond motifs is 1. The van der Waals surface area contributed by atoms with E-state index in [1.54, 1.807) is 0 Å². The van der Waals surface area contributed by atoms with E-state index in [2.05, 4.69) is 27.9 Å². The van der Waals surface area contributed by atoms with E-state index in [1.807, 2.05) is 50.8 Å². The van der Waals surface area contributed by atoms with E-state index < -0.39 is 5.60 Å². The molecule has 1 atom stereocenters. The highest BCUT2D eigenvalue weighted by atomic mass is 35.5. The Kier molecular flexibility index (Phi) is 6.55. The molecule has 2 aromatic heterocycles. The third kappa shape index (κ3) is 4.66. The van der Waals surface area contributed by atoms with Gasteiger partial charge >= 0.3 is 0 Å². The van der Waals surface area contributed by atoms with Gasteiger partial charge in [0.25, 0.3) is 0 Å². The highest BCUT2D eigenvalue weighted by molar-refractivity contribution is 6.31. The fourth-order valence-electron chi connectivity index (χ4n) is 6.44. The van der Waals surface area contributed by atoms with Crippen LogP contribution in [-0.4, -0.2) is 31.3 Å². The minimum Gasteiger partial charge on any atom is -0.390 e. The highest BCUT2D eigenvalue weighted by Crippen LogP contribution is 2.43. The molecule has 39 heavy (non-hydrogen) atoms. The molecule has 204 valence electrons. The van der Waals surface area contributed by atoms with Gasteiger partial charge in [0.05, 0.1) is 28.4 Å². The van der Waals surface area contributed by atoms with Crippen molar-refractivity contribution in [3.8, 4) is 11.1 Å². The largest absolute Gasteiger partial charge is 0.390 e. The quantitative estimate of drug-likeness (QED) is 0.288. The summed E-state index contributed by atoms with van der Waals surface area (Å²) in [4.78, 5) is 20.6. The van der Waals surface area contributed by atoms with Crippen LogP contribution < -0.4 is 4.90 Å². The lowest BCUT2D eigenvalue weighted by molar-refractivity contribution is -0.120. The first-order valence-electron chi connectivity index (χ1n) is 13.9. The minimum atomic E-state index is -0.644. The van der Waals surface area contributed by atoms with E-state index in [0.29, 0.717) is 11.4 Å². The van der Waals surface area contributed by atoms with Crippen LogP contribution in [0.2, 0.25) is 5.02 Å². The van der Waals surface area contributed by atoms with Crippen LogP contribution in [0.15, 0.2) is 40.9 Å². The van der Waals surface area contributed by atoms with E-state index in [4.69, 9.17) is 21.1 Å². The summed E-state index contributed by atoms with van der Waals surface area (Å²) in [6.07, 6.45) is 5.31. The first-order valence-corrected chi connectivity index (χ1v) is 14.3. The fourth-order valence-corrected chi connectivity index (χ4v) is 6.61. The molecule has 7 nitrogen and oxygen atoms in total. The van der Waals surface area contributed by atoms with Crippen molar-refractivity contribution in [3.63, 3.8) is 0 Å². The second kappa shape index (κ2) is 9.79. The molecular weight excluding hydrogens is 512 g/mol. The predicted octanol–water partition coefficient (Wildman–Crippen LogP) is 7.39. The number of hydrogen-bond donors (Lipinski definition) is 1. The van der Waals surface area contributed by atoms with Gasteiger partial charge in [0.2, 0.25) is 5.91 Å². The molecule has 1 N–H and O–H groups in total. The topological polar surface area (TPSA) is 84.4 Å². The number of hydrogen-bond acceptors (Lipinski definition) is 5. The normalized spacial score (nSPS) is 24.1. The standard InChI is InChI=1S/C31H35ClN4O3/c1-18-8-10-23(17-24(18)32)35-27(6-5-7-28(35)37)30-33-25-16-21(29-19(2)34-39-20(29)3)9-11-26(25)36(30)22-12-14-31(4,38)15-13-22/h8-11,16-17,22,27,38H,5-7,12-15H2,1-4H3/t22?,27-,31?/m0/s1. The van der Waals surface area contributed by atoms with E-state index in [9.17, 15) is 9.90 Å². The molecular formula is C31H35ClN4O3. The molecule has 1 aliphatic carbocycles. The highest BCUT2D eigenvalue weighted by Gasteiger charge is 2.37. The lowest BCUT2D eigenvalue weighted by Gasteiger charge is -2.38. The molecule has 6 rings (SSSR count). The summed E-state index contributed by atoms with van der Waals surface area (Å²) in [6, 6.07) is 12.2. The fraction of sp³-hybridized carbons (Fsp3) is 0.452. The lowest BCUT2D eigenvalue weighted by Crippen LogP contribution is -2.40. The summed E-state index contributed by atoms with van der Waals surface area (Å²) in [5.74, 6) is 1.77. The van der Waals surface area contributed by atoms with Crippen LogP contribution in [0.5, 0.6) is 0 Å². The maximum absolute atomic E-state index is 13.4. The molecule has 8 heteroatoms. The average molecular weight is 547 g/mol. The molecule has 0 spiro atoms. The second-order valence-electron chi connectivity index (χ2n) is 11.6. The Morgan fingerprint density at radius 1 is 1.08 bits per heavy atom. The van der Waals surface area contributed by atoms with Crippen LogP contribution in [0, 0.1) is 20.8 Å². The molecule has 1 amide bonds. The van der Waals surface area contributed by atoms with E-state index in [1.165, 1.54) is 0 Å². The smallest absolute Gasteiger partial charge is 0.227 e. The molecule has 4 aromatic rings. The summed E-state index contributed by atoms with van der Waals surface area (Å²) in [6.45, 7) is 7.77. The zero-order chi connectivity index (χ0) is 27.5. The van der Waals surface area contributed by atoms with Crippen molar-refractivity contribution in [1.82, 2.24) is 14.7 Å². The lowest BCUT2D eigenvalue weighted by atomic mass is 9.83. The van der Waals surface area contributed by atoms with Crippen molar-refractivity contribution in [3.05, 3.63) is 64.3 Å². The zero-order valence-corrected chi connectivity index (χ0v) is 23.8. The van der Waals surface area contributed by atoms with Crippen molar-refractivity contribution in [2.75, 3.05) is 4.90 Å². The summed E-state index contributed by atoms with van der Waals surface area (Å²) in [5.41, 5.74) is 5.94. The van der Waals surface area contributed by atoms with Gasteiger partial charge in [-0.05, 0) is 102 Å². The monoisotopic (exact) mass is 546 g/mol. The number of amides is 1. The van der Waals surface area contributed by atoms with Gasteiger partial charge in [0.1, 0.15) is 11.6 Å². The van der Waals surface area contributed by atoms with Gasteiger partial charge in [-0.15, -0.1) is 0 Å². The van der Waals surface area contributed by atoms with Gasteiger partial charge in [0.15, 0.2) is 0 Å². The first kappa shape index (κ1) is 26.1. The van der Waals surface area contributed by atoms with Gasteiger partial charge in [-0.25, -0.2) is 4.98 Å². The number of piperidine rings is 1. The summed E-state index contributed by atoms with van der Waals surface area (Å²) in [7, 11) is 0. The minimum absolute atomic E-state index is 0.0905. The van der Waals surface area contributed by atoms with Gasteiger partial charge in [-0.2, -0.15) is 0 Å². The summed E-state index contributed by atoms with van der Waals surface area (Å²) in [5, 5.41) is 15.5. The SMILES string of the molecule is Cc1ccc(N2C(=O)CCC[C@H]2c2nc3cc(-c4c(C)noc4C)ccc3n2C2CCC(C)(O)CC2)cc1Cl. The van der Waals surface area contributed by atoms with E-state index >= 15 is 0 Å². The number of aromatic nitrogens is 3. The Morgan fingerprint density at radius 2 is 1.85 bits per heavy atom. The van der Waals surface area contributed by atoms with Gasteiger partial charge in [-0.1, -0.05) is 28.9 Å². The van der Waals surface area contributed by atoms with E-state index in [-0.39, 0.29) is 18.0 Å². The van der Waals surface area contributed by atoms with Crippen LogP contribution in [0.25, 0.3) is 22.2 Å². The Hall–Kier alpha value is -3.16. The molecule has 2 aromatic carbocycles. The summed E-state index contributed by atoms with van der Waals surface area (Å²) >= 11 is 6.51. The number of carbonyl (C=O) groups excluding carboxylic acids is 1. The van der Waals surface area contributed by atoms with Gasteiger partial charge < -0.3 is 19.1 Å². The first-order chi connectivity index (χ1) is 18.6. The van der Waals surface area contributed by atoms with Crippen molar-refractivity contribution < 1.29 is 14.4 Å². The third-order valence-electron chi connectivity index (χ3n) is 8.62. The average Bonchev–Trinajstić information content (AvgIpc) is 3.44. The van der Waals surface area contributed by atoms with Crippen molar-refractivity contribution in [1.29, 1.82) is 0 Å². The molecule has 2 fully saturated rings. The number of imidazole rings is 1. The van der Waals surface area contributed by atoms with Gasteiger partial charge in [0, 0.05) is 28.7 Å². The number of aliphatic hydroxyl groups is 1. The molecule has 0 unspecified atom stereocenters. The van der Waals surface area contributed by atoms with Crippen LogP contribution in [-0.2, 0) is 4.79 Å². The molecule has 1 aliphatic heterocycles. The van der Waals surface area contributed by atoms with E-state index in [0.717, 1.165) is 89.2 Å². The molecule has 3 heterocycles. The Labute approximate surface area is 233 Å². The Bertz CT molecular complexity index is 1540. The molecule has 0 bridgehead atoms. The number of benzene rings is 2. The van der Waals surface area contributed by atoms with Crippen LogP contribution >= 0.6 is 11.6 Å². The molecule has 1 saturated heterocycles. The predicted molar refractivity (Wildman–Crippen MR) is 153 cm³/mol. The maximum atomic E-state index is 13.4. The van der Waals surface area contributed by atoms with Gasteiger partial charge in [-0.3, -0.25) is 4.79 Å². The number of aryl methyl sites for hydroxylation is 3. The van der Waals surface area contributed by atoms with Crippen molar-refractivity contribution >= 4 is 34.2 Å². The number of rotatable bonds is 4. The number of carbonyl (C=O) groups is 1. The number of nitrogens with zero attached hydrogens (tertiary/aromatic N) is 4. The van der Waals surface area contributed by atoms with Crippen LogP contribution in [0.1, 0.15) is 86.8 Å². The second-order valence-corrected chi connectivity index (χ2v) is 12.0. The van der Waals surface area contributed by atoms with Crippen molar-refractivity contribution in [2.24, 2.45) is 0 Å². The maximum Gasteiger partial charge on any atom is 0.227 e. The number of anilines is 1. The molecule has 2 aliphatic rings. The number of halogens is 1. The summed E-state index contributed by atoms with van der Waals surface area (Å²) < 4.78 is 7.79. The van der Waals surface area contributed by atoms with Crippen LogP contribution in [0.4, 0.5) is 5.69 Å². The molecule has 0 radical (unpaired) electrons. The third-order valence-corrected chi connectivity index (χ3v) is 9.02. The zero-order valence-electron chi connectivity index (χ0n) is 23.0. The Morgan fingerprint density at radius 3 is 2.54 bits per heavy atom. The molecule has 1 saturated carbocycles. The van der Waals surface area contributed by atoms with Crippen molar-refractivity contribution in [2.45, 2.75) is 90.3 Å². The Balaban J connectivity index is 1.51.